The molecule has 0 bridgehead atoms. The van der Waals surface area contributed by atoms with Crippen molar-refractivity contribution in [2.45, 2.75) is 51.6 Å². The number of benzene rings is 2. The van der Waals surface area contributed by atoms with Gasteiger partial charge in [0.1, 0.15) is 17.0 Å². The average Bonchev–Trinajstić information content (AvgIpc) is 2.81. The van der Waals surface area contributed by atoms with E-state index >= 15 is 0 Å². The molecule has 1 amide bonds. The van der Waals surface area contributed by atoms with E-state index in [2.05, 4.69) is 5.32 Å². The second-order valence-corrected chi connectivity index (χ2v) is 8.86. The molecule has 1 aromatic heterocycles. The van der Waals surface area contributed by atoms with Crippen molar-refractivity contribution >= 4 is 28.6 Å². The maximum atomic E-state index is 12.6. The third-order valence-electron chi connectivity index (χ3n) is 6.00. The largest absolute Gasteiger partial charge is 0.465 e. The molecule has 1 aliphatic heterocycles. The second-order valence-electron chi connectivity index (χ2n) is 8.86. The summed E-state index contributed by atoms with van der Waals surface area (Å²) in [6.45, 7) is 5.79. The van der Waals surface area contributed by atoms with Gasteiger partial charge in [-0.2, -0.15) is 0 Å². The zero-order chi connectivity index (χ0) is 24.3. The maximum absolute atomic E-state index is 12.6. The van der Waals surface area contributed by atoms with Gasteiger partial charge in [0.05, 0.1) is 11.7 Å². The number of fused-ring (bicyclic) bond motifs is 1. The SMILES string of the molecule is CO[C@@H]1CCC(Oc2ccc3cc(NC(=O)/C=C/c4ccccc4)c(=O)oc3c2C)OC1(C)C. The average molecular weight is 464 g/mol. The molecule has 4 rings (SSSR count). The van der Waals surface area contributed by atoms with Gasteiger partial charge in [-0.1, -0.05) is 30.3 Å². The lowest BCUT2D eigenvalue weighted by molar-refractivity contribution is -0.233. The molecule has 1 aliphatic rings. The van der Waals surface area contributed by atoms with Crippen molar-refractivity contribution in [1.82, 2.24) is 0 Å². The lowest BCUT2D eigenvalue weighted by atomic mass is 9.94. The van der Waals surface area contributed by atoms with Crippen LogP contribution in [0.1, 0.15) is 37.8 Å². The zero-order valence-corrected chi connectivity index (χ0v) is 19.8. The summed E-state index contributed by atoms with van der Waals surface area (Å²) in [4.78, 5) is 24.9. The van der Waals surface area contributed by atoms with Crippen LogP contribution in [0.4, 0.5) is 5.69 Å². The van der Waals surface area contributed by atoms with Crippen LogP contribution in [0, 0.1) is 6.92 Å². The summed E-state index contributed by atoms with van der Waals surface area (Å²) >= 11 is 0. The number of aryl methyl sites for hydroxylation is 1. The first kappa shape index (κ1) is 23.7. The van der Waals surface area contributed by atoms with Crippen molar-refractivity contribution in [1.29, 1.82) is 0 Å². The first-order valence-electron chi connectivity index (χ1n) is 11.3. The molecule has 7 heteroatoms. The van der Waals surface area contributed by atoms with E-state index in [-0.39, 0.29) is 11.8 Å². The van der Waals surface area contributed by atoms with Crippen LogP contribution >= 0.6 is 0 Å². The summed E-state index contributed by atoms with van der Waals surface area (Å²) in [5, 5.41) is 3.27. The number of carbonyl (C=O) groups is 1. The minimum atomic E-state index is -0.632. The van der Waals surface area contributed by atoms with Crippen molar-refractivity contribution in [3.63, 3.8) is 0 Å². The number of methoxy groups -OCH3 is 1. The predicted molar refractivity (Wildman–Crippen MR) is 131 cm³/mol. The summed E-state index contributed by atoms with van der Waals surface area (Å²) in [5.41, 5.74) is 0.946. The summed E-state index contributed by atoms with van der Waals surface area (Å²) in [6.07, 6.45) is 4.12. The molecule has 7 nitrogen and oxygen atoms in total. The monoisotopic (exact) mass is 463 g/mol. The quantitative estimate of drug-likeness (QED) is 0.406. The summed E-state index contributed by atoms with van der Waals surface area (Å²) in [7, 11) is 1.68. The molecule has 0 spiro atoms. The van der Waals surface area contributed by atoms with Gasteiger partial charge in [-0.15, -0.1) is 0 Å². The van der Waals surface area contributed by atoms with Gasteiger partial charge >= 0.3 is 5.63 Å². The van der Waals surface area contributed by atoms with Crippen LogP contribution in [0.15, 0.2) is 63.8 Å². The molecule has 2 atom stereocenters. The number of rotatable bonds is 6. The molecule has 0 aliphatic carbocycles. The fourth-order valence-corrected chi connectivity index (χ4v) is 4.17. The Balaban J connectivity index is 1.51. The number of carbonyl (C=O) groups excluding carboxylic acids is 1. The normalized spacial score (nSPS) is 19.9. The molecule has 2 aromatic carbocycles. The Morgan fingerprint density at radius 2 is 1.91 bits per heavy atom. The van der Waals surface area contributed by atoms with Gasteiger partial charge < -0.3 is 23.9 Å². The molecular weight excluding hydrogens is 434 g/mol. The fourth-order valence-electron chi connectivity index (χ4n) is 4.17. The molecule has 34 heavy (non-hydrogen) atoms. The van der Waals surface area contributed by atoms with Crippen LogP contribution in [-0.4, -0.2) is 31.0 Å². The smallest absolute Gasteiger partial charge is 0.360 e. The first-order valence-corrected chi connectivity index (χ1v) is 11.3. The molecule has 1 N–H and O–H groups in total. The number of amides is 1. The highest BCUT2D eigenvalue weighted by molar-refractivity contribution is 6.02. The lowest BCUT2D eigenvalue weighted by Gasteiger charge is -2.41. The molecule has 0 radical (unpaired) electrons. The molecule has 1 fully saturated rings. The van der Waals surface area contributed by atoms with Gasteiger partial charge in [-0.05, 0) is 57.0 Å². The second kappa shape index (κ2) is 9.83. The molecule has 3 aromatic rings. The van der Waals surface area contributed by atoms with Crippen LogP contribution in [0.2, 0.25) is 0 Å². The van der Waals surface area contributed by atoms with Gasteiger partial charge in [0.2, 0.25) is 12.2 Å². The first-order chi connectivity index (χ1) is 16.3. The number of ether oxygens (including phenoxy) is 3. The molecule has 1 saturated heterocycles. The third-order valence-corrected chi connectivity index (χ3v) is 6.00. The van der Waals surface area contributed by atoms with E-state index in [0.29, 0.717) is 28.7 Å². The van der Waals surface area contributed by atoms with E-state index < -0.39 is 23.4 Å². The predicted octanol–water partition coefficient (Wildman–Crippen LogP) is 5.06. The lowest BCUT2D eigenvalue weighted by Crippen LogP contribution is -2.49. The van der Waals surface area contributed by atoms with E-state index in [1.165, 1.54) is 6.08 Å². The Hall–Kier alpha value is -3.42. The standard InChI is InChI=1S/C27H29NO6/c1-17-21(32-24-15-13-22(31-4)27(2,3)34-24)12-11-19-16-20(26(30)33-25(17)19)28-23(29)14-10-18-8-6-5-7-9-18/h5-12,14,16,22,24H,13,15H2,1-4H3,(H,28,29)/b14-10+/t22-,24?/m1/s1. The van der Waals surface area contributed by atoms with Gasteiger partial charge in [0.15, 0.2) is 0 Å². The van der Waals surface area contributed by atoms with Crippen LogP contribution in [-0.2, 0) is 14.3 Å². The number of nitrogens with one attached hydrogen (secondary N) is 1. The van der Waals surface area contributed by atoms with Gasteiger partial charge in [0.25, 0.3) is 0 Å². The molecular formula is C27H29NO6. The minimum absolute atomic E-state index is 0.000703. The third kappa shape index (κ3) is 5.21. The zero-order valence-electron chi connectivity index (χ0n) is 19.8. The topological polar surface area (TPSA) is 87.0 Å². The molecule has 178 valence electrons. The highest BCUT2D eigenvalue weighted by Crippen LogP contribution is 2.34. The van der Waals surface area contributed by atoms with Crippen LogP contribution in [0.3, 0.4) is 0 Å². The fraction of sp³-hybridized carbons (Fsp3) is 0.333. The number of anilines is 1. The van der Waals surface area contributed by atoms with Crippen LogP contribution < -0.4 is 15.7 Å². The Labute approximate surface area is 198 Å². The molecule has 0 saturated carbocycles. The summed E-state index contributed by atoms with van der Waals surface area (Å²) in [6, 6.07) is 14.6. The van der Waals surface area contributed by atoms with E-state index in [9.17, 15) is 9.59 Å². The molecule has 2 heterocycles. The van der Waals surface area contributed by atoms with E-state index in [1.54, 1.807) is 25.3 Å². The Morgan fingerprint density at radius 3 is 2.62 bits per heavy atom. The van der Waals surface area contributed by atoms with E-state index in [0.717, 1.165) is 12.0 Å². The van der Waals surface area contributed by atoms with Gasteiger partial charge in [0, 0.05) is 30.6 Å². The van der Waals surface area contributed by atoms with E-state index in [4.69, 9.17) is 18.6 Å². The van der Waals surface area contributed by atoms with Crippen molar-refractivity contribution in [2.24, 2.45) is 0 Å². The maximum Gasteiger partial charge on any atom is 0.360 e. The van der Waals surface area contributed by atoms with E-state index in [1.807, 2.05) is 57.2 Å². The van der Waals surface area contributed by atoms with Crippen LogP contribution in [0.5, 0.6) is 5.75 Å². The van der Waals surface area contributed by atoms with Crippen LogP contribution in [0.25, 0.3) is 17.0 Å². The van der Waals surface area contributed by atoms with Crippen molar-refractivity contribution in [3.8, 4) is 5.75 Å². The van der Waals surface area contributed by atoms with Gasteiger partial charge in [-0.25, -0.2) is 4.79 Å². The highest BCUT2D eigenvalue weighted by Gasteiger charge is 2.39. The minimum Gasteiger partial charge on any atom is -0.465 e. The Bertz CT molecular complexity index is 1260. The number of hydrogen-bond acceptors (Lipinski definition) is 6. The Kier molecular flexibility index (Phi) is 6.86. The van der Waals surface area contributed by atoms with Crippen molar-refractivity contribution in [3.05, 3.63) is 76.2 Å². The highest BCUT2D eigenvalue weighted by atomic mass is 16.7. The van der Waals surface area contributed by atoms with Gasteiger partial charge in [-0.3, -0.25) is 4.79 Å². The number of hydrogen-bond donors (Lipinski definition) is 1. The van der Waals surface area contributed by atoms with Crippen molar-refractivity contribution < 1.29 is 23.4 Å². The molecule has 1 unspecified atom stereocenters. The van der Waals surface area contributed by atoms with Crippen molar-refractivity contribution in [2.75, 3.05) is 12.4 Å². The Morgan fingerprint density at radius 1 is 1.15 bits per heavy atom. The summed E-state index contributed by atoms with van der Waals surface area (Å²) in [5.74, 6) is 0.161. The summed E-state index contributed by atoms with van der Waals surface area (Å²) < 4.78 is 23.3.